The SMILES string of the molecule is CC(C)=CCC/C(C)=C/CC/C(C)=C/CNC(=O)CC(=O)O. The lowest BCUT2D eigenvalue weighted by Crippen LogP contribution is -2.25. The molecule has 0 aromatic heterocycles. The van der Waals surface area contributed by atoms with Crippen molar-refractivity contribution in [1.29, 1.82) is 0 Å². The zero-order valence-corrected chi connectivity index (χ0v) is 14.2. The van der Waals surface area contributed by atoms with Gasteiger partial charge in [-0.15, -0.1) is 0 Å². The average molecular weight is 307 g/mol. The van der Waals surface area contributed by atoms with E-state index in [4.69, 9.17) is 5.11 Å². The van der Waals surface area contributed by atoms with Crippen molar-refractivity contribution in [3.63, 3.8) is 0 Å². The quantitative estimate of drug-likeness (QED) is 0.473. The van der Waals surface area contributed by atoms with Gasteiger partial charge in [-0.3, -0.25) is 9.59 Å². The van der Waals surface area contributed by atoms with Crippen molar-refractivity contribution < 1.29 is 14.7 Å². The first-order valence-corrected chi connectivity index (χ1v) is 7.74. The molecule has 2 N–H and O–H groups in total. The minimum absolute atomic E-state index is 0.390. The second kappa shape index (κ2) is 11.8. The highest BCUT2D eigenvalue weighted by molar-refractivity contribution is 5.93. The summed E-state index contributed by atoms with van der Waals surface area (Å²) in [5.41, 5.74) is 3.96. The van der Waals surface area contributed by atoms with Gasteiger partial charge in [-0.1, -0.05) is 34.9 Å². The highest BCUT2D eigenvalue weighted by Gasteiger charge is 2.05. The van der Waals surface area contributed by atoms with E-state index in [0.29, 0.717) is 6.54 Å². The van der Waals surface area contributed by atoms with Crippen LogP contribution in [0, 0.1) is 0 Å². The Balaban J connectivity index is 3.94. The molecule has 0 bridgehead atoms. The van der Waals surface area contributed by atoms with Crippen LogP contribution in [0.25, 0.3) is 0 Å². The summed E-state index contributed by atoms with van der Waals surface area (Å²) in [6.45, 7) is 8.80. The number of hydrogen-bond donors (Lipinski definition) is 2. The summed E-state index contributed by atoms with van der Waals surface area (Å²) in [6.07, 6.45) is 10.1. The van der Waals surface area contributed by atoms with Crippen molar-refractivity contribution >= 4 is 11.9 Å². The van der Waals surface area contributed by atoms with Crippen LogP contribution in [-0.2, 0) is 9.59 Å². The first-order chi connectivity index (χ1) is 10.3. The fraction of sp³-hybridized carbons (Fsp3) is 0.556. The van der Waals surface area contributed by atoms with Gasteiger partial charge in [-0.05, 0) is 53.4 Å². The second-order valence-electron chi connectivity index (χ2n) is 5.83. The van der Waals surface area contributed by atoms with Crippen LogP contribution in [0.4, 0.5) is 0 Å². The van der Waals surface area contributed by atoms with Crippen LogP contribution in [0.2, 0.25) is 0 Å². The van der Waals surface area contributed by atoms with E-state index >= 15 is 0 Å². The topological polar surface area (TPSA) is 66.4 Å². The van der Waals surface area contributed by atoms with Crippen LogP contribution in [0.1, 0.15) is 59.8 Å². The Morgan fingerprint density at radius 3 is 2.00 bits per heavy atom. The number of nitrogens with one attached hydrogen (secondary N) is 1. The van der Waals surface area contributed by atoms with Crippen molar-refractivity contribution in [2.24, 2.45) is 0 Å². The molecule has 0 aromatic carbocycles. The molecule has 0 saturated heterocycles. The first kappa shape index (κ1) is 20.2. The Morgan fingerprint density at radius 2 is 1.45 bits per heavy atom. The Labute approximate surface area is 134 Å². The van der Waals surface area contributed by atoms with Crippen LogP contribution in [0.15, 0.2) is 34.9 Å². The van der Waals surface area contributed by atoms with Gasteiger partial charge in [0.2, 0.25) is 5.91 Å². The molecular weight excluding hydrogens is 278 g/mol. The molecule has 1 amide bonds. The zero-order chi connectivity index (χ0) is 17.0. The van der Waals surface area contributed by atoms with Crippen molar-refractivity contribution in [3.8, 4) is 0 Å². The molecule has 0 atom stereocenters. The molecule has 124 valence electrons. The lowest BCUT2D eigenvalue weighted by Gasteiger charge is -2.03. The summed E-state index contributed by atoms with van der Waals surface area (Å²) in [5, 5.41) is 11.0. The minimum atomic E-state index is -1.10. The maximum atomic E-state index is 11.2. The van der Waals surface area contributed by atoms with Gasteiger partial charge >= 0.3 is 5.97 Å². The Hall–Kier alpha value is -1.84. The molecule has 0 aromatic rings. The predicted octanol–water partition coefficient (Wildman–Crippen LogP) is 4.00. The predicted molar refractivity (Wildman–Crippen MR) is 90.7 cm³/mol. The van der Waals surface area contributed by atoms with Crippen molar-refractivity contribution in [2.75, 3.05) is 6.54 Å². The van der Waals surface area contributed by atoms with Crippen LogP contribution < -0.4 is 5.32 Å². The van der Waals surface area contributed by atoms with E-state index < -0.39 is 18.3 Å². The Kier molecular flexibility index (Phi) is 10.8. The molecule has 0 saturated carbocycles. The lowest BCUT2D eigenvalue weighted by atomic mass is 10.1. The molecular formula is C18H29NO3. The number of amides is 1. The molecule has 4 nitrogen and oxygen atoms in total. The molecule has 0 rings (SSSR count). The largest absolute Gasteiger partial charge is 0.481 e. The third-order valence-corrected chi connectivity index (χ3v) is 3.18. The van der Waals surface area contributed by atoms with E-state index in [2.05, 4.69) is 38.2 Å². The number of hydrogen-bond acceptors (Lipinski definition) is 2. The zero-order valence-electron chi connectivity index (χ0n) is 14.2. The number of allylic oxidation sites excluding steroid dienone is 5. The summed E-state index contributed by atoms with van der Waals surface area (Å²) in [5.74, 6) is -1.56. The van der Waals surface area contributed by atoms with E-state index in [0.717, 1.165) is 25.7 Å². The van der Waals surface area contributed by atoms with Gasteiger partial charge in [0.1, 0.15) is 6.42 Å². The first-order valence-electron chi connectivity index (χ1n) is 7.74. The Morgan fingerprint density at radius 1 is 0.909 bits per heavy atom. The number of carboxylic acid groups (broad SMARTS) is 1. The van der Waals surface area contributed by atoms with Crippen molar-refractivity contribution in [1.82, 2.24) is 5.32 Å². The van der Waals surface area contributed by atoms with E-state index in [9.17, 15) is 9.59 Å². The Bertz CT molecular complexity index is 455. The third kappa shape index (κ3) is 13.2. The normalized spacial score (nSPS) is 12.0. The van der Waals surface area contributed by atoms with E-state index in [1.807, 2.05) is 13.0 Å². The maximum absolute atomic E-state index is 11.2. The molecule has 4 heteroatoms. The van der Waals surface area contributed by atoms with Crippen LogP contribution in [0.5, 0.6) is 0 Å². The molecule has 0 aliphatic rings. The summed E-state index contributed by atoms with van der Waals surface area (Å²) >= 11 is 0. The van der Waals surface area contributed by atoms with Crippen LogP contribution >= 0.6 is 0 Å². The minimum Gasteiger partial charge on any atom is -0.481 e. The third-order valence-electron chi connectivity index (χ3n) is 3.18. The highest BCUT2D eigenvalue weighted by atomic mass is 16.4. The molecule has 0 unspecified atom stereocenters. The van der Waals surface area contributed by atoms with Crippen molar-refractivity contribution in [3.05, 3.63) is 34.9 Å². The monoisotopic (exact) mass is 307 g/mol. The van der Waals surface area contributed by atoms with Gasteiger partial charge in [0.25, 0.3) is 0 Å². The average Bonchev–Trinajstić information content (AvgIpc) is 2.37. The van der Waals surface area contributed by atoms with Crippen LogP contribution in [-0.4, -0.2) is 23.5 Å². The highest BCUT2D eigenvalue weighted by Crippen LogP contribution is 2.11. The molecule has 0 spiro atoms. The van der Waals surface area contributed by atoms with E-state index in [-0.39, 0.29) is 0 Å². The fourth-order valence-electron chi connectivity index (χ4n) is 1.88. The molecule has 0 heterocycles. The smallest absolute Gasteiger partial charge is 0.312 e. The maximum Gasteiger partial charge on any atom is 0.312 e. The summed E-state index contributed by atoms with van der Waals surface area (Å²) in [4.78, 5) is 21.5. The van der Waals surface area contributed by atoms with Gasteiger partial charge in [0.05, 0.1) is 0 Å². The standard InChI is InChI=1S/C18H29NO3/c1-14(2)7-5-8-15(3)9-6-10-16(4)11-12-19-17(20)13-18(21)22/h7,9,11H,5-6,8,10,12-13H2,1-4H3,(H,19,20)(H,21,22)/b15-9+,16-11+. The molecule has 0 aliphatic carbocycles. The van der Waals surface area contributed by atoms with Gasteiger partial charge in [-0.25, -0.2) is 0 Å². The van der Waals surface area contributed by atoms with Crippen LogP contribution in [0.3, 0.4) is 0 Å². The van der Waals surface area contributed by atoms with E-state index in [1.165, 1.54) is 16.7 Å². The summed E-state index contributed by atoms with van der Waals surface area (Å²) < 4.78 is 0. The van der Waals surface area contributed by atoms with Gasteiger partial charge < -0.3 is 10.4 Å². The number of carbonyl (C=O) groups excluding carboxylic acids is 1. The number of aliphatic carboxylic acids is 1. The molecule has 0 fully saturated rings. The number of rotatable bonds is 10. The van der Waals surface area contributed by atoms with Gasteiger partial charge in [0, 0.05) is 6.54 Å². The van der Waals surface area contributed by atoms with Gasteiger partial charge in [0.15, 0.2) is 0 Å². The fourth-order valence-corrected chi connectivity index (χ4v) is 1.88. The summed E-state index contributed by atoms with van der Waals surface area (Å²) in [6, 6.07) is 0. The van der Waals surface area contributed by atoms with Gasteiger partial charge in [-0.2, -0.15) is 0 Å². The number of carboxylic acids is 1. The summed E-state index contributed by atoms with van der Waals surface area (Å²) in [7, 11) is 0. The van der Waals surface area contributed by atoms with Crippen molar-refractivity contribution in [2.45, 2.75) is 59.8 Å². The molecule has 22 heavy (non-hydrogen) atoms. The lowest BCUT2D eigenvalue weighted by molar-refractivity contribution is -0.140. The van der Waals surface area contributed by atoms with E-state index in [1.54, 1.807) is 0 Å². The molecule has 0 aliphatic heterocycles. The number of carbonyl (C=O) groups is 2. The molecule has 0 radical (unpaired) electrons. The second-order valence-corrected chi connectivity index (χ2v) is 5.83.